The van der Waals surface area contributed by atoms with E-state index in [0.29, 0.717) is 32.7 Å². The zero-order chi connectivity index (χ0) is 18.4. The summed E-state index contributed by atoms with van der Waals surface area (Å²) in [6.07, 6.45) is 2.90. The number of rotatable bonds is 5. The summed E-state index contributed by atoms with van der Waals surface area (Å²) in [6, 6.07) is 9.92. The molecule has 0 saturated carbocycles. The molecule has 2 N–H and O–H groups in total. The van der Waals surface area contributed by atoms with Crippen LogP contribution in [0.5, 0.6) is 5.75 Å². The molecule has 0 saturated heterocycles. The minimum absolute atomic E-state index is 0.210. The average molecular weight is 379 g/mol. The maximum atomic E-state index is 12.2. The molecule has 7 heteroatoms. The number of carbonyl (C=O) groups excluding carboxylic acids is 2. The Hall–Kier alpha value is -2.50. The molecule has 0 unspecified atom stereocenters. The number of halogens is 2. The lowest BCUT2D eigenvalue weighted by Crippen LogP contribution is -2.10. The lowest BCUT2D eigenvalue weighted by atomic mass is 10.2. The molecule has 0 fully saturated rings. The highest BCUT2D eigenvalue weighted by atomic mass is 35.5. The van der Waals surface area contributed by atoms with Gasteiger partial charge >= 0.3 is 0 Å². The van der Waals surface area contributed by atoms with E-state index >= 15 is 0 Å². The summed E-state index contributed by atoms with van der Waals surface area (Å²) in [5, 5.41) is 6.35. The lowest BCUT2D eigenvalue weighted by molar-refractivity contribution is -0.114. The summed E-state index contributed by atoms with van der Waals surface area (Å²) in [5.41, 5.74) is 1.61. The van der Waals surface area contributed by atoms with Crippen molar-refractivity contribution in [3.05, 3.63) is 58.1 Å². The summed E-state index contributed by atoms with van der Waals surface area (Å²) in [6.45, 7) is 1.40. The van der Waals surface area contributed by atoms with E-state index in [-0.39, 0.29) is 11.8 Å². The van der Waals surface area contributed by atoms with Gasteiger partial charge in [-0.2, -0.15) is 0 Å². The van der Waals surface area contributed by atoms with Crippen molar-refractivity contribution in [2.45, 2.75) is 6.92 Å². The van der Waals surface area contributed by atoms with Gasteiger partial charge in [0.1, 0.15) is 5.75 Å². The van der Waals surface area contributed by atoms with Crippen molar-refractivity contribution in [3.63, 3.8) is 0 Å². The third kappa shape index (κ3) is 5.52. The number of ether oxygens (including phenoxy) is 1. The fraction of sp³-hybridized carbons (Fsp3) is 0.111. The molecule has 0 atom stereocenters. The Bertz CT molecular complexity index is 835. The van der Waals surface area contributed by atoms with Crippen molar-refractivity contribution in [1.82, 2.24) is 0 Å². The zero-order valence-electron chi connectivity index (χ0n) is 13.6. The number of anilines is 2. The summed E-state index contributed by atoms with van der Waals surface area (Å²) >= 11 is 12.0. The summed E-state index contributed by atoms with van der Waals surface area (Å²) in [5.74, 6) is -0.121. The van der Waals surface area contributed by atoms with E-state index < -0.39 is 0 Å². The molecule has 0 aliphatic carbocycles. The van der Waals surface area contributed by atoms with Crippen LogP contribution in [0.25, 0.3) is 6.08 Å². The van der Waals surface area contributed by atoms with E-state index in [1.54, 1.807) is 42.5 Å². The van der Waals surface area contributed by atoms with Crippen LogP contribution >= 0.6 is 23.2 Å². The molecule has 25 heavy (non-hydrogen) atoms. The second-order valence-electron chi connectivity index (χ2n) is 5.08. The molecule has 2 aromatic rings. The van der Waals surface area contributed by atoms with Crippen LogP contribution in [0.2, 0.25) is 10.0 Å². The first-order chi connectivity index (χ1) is 11.9. The summed E-state index contributed by atoms with van der Waals surface area (Å²) < 4.78 is 5.21. The standard InChI is InChI=1S/C18H16Cl2N2O3/c1-11(23)21-14-5-7-17(25-2)16(10-14)22-18(24)8-3-12-9-13(19)4-6-15(12)20/h3-10H,1-2H3,(H,21,23)(H,22,24)/b8-3+. The zero-order valence-corrected chi connectivity index (χ0v) is 15.1. The Morgan fingerprint density at radius 3 is 2.52 bits per heavy atom. The van der Waals surface area contributed by atoms with Crippen molar-refractivity contribution in [3.8, 4) is 5.75 Å². The molecular formula is C18H16Cl2N2O3. The normalized spacial score (nSPS) is 10.6. The Balaban J connectivity index is 2.17. The van der Waals surface area contributed by atoms with Gasteiger partial charge in [-0.25, -0.2) is 0 Å². The molecule has 2 amide bonds. The molecule has 0 heterocycles. The van der Waals surface area contributed by atoms with Crippen molar-refractivity contribution >= 4 is 52.5 Å². The van der Waals surface area contributed by atoms with Crippen LogP contribution in [0, 0.1) is 0 Å². The highest BCUT2D eigenvalue weighted by Crippen LogP contribution is 2.28. The number of nitrogens with one attached hydrogen (secondary N) is 2. The predicted molar refractivity (Wildman–Crippen MR) is 101 cm³/mol. The number of hydrogen-bond acceptors (Lipinski definition) is 3. The summed E-state index contributed by atoms with van der Waals surface area (Å²) in [7, 11) is 1.49. The first kappa shape index (κ1) is 18.8. The molecule has 5 nitrogen and oxygen atoms in total. The van der Waals surface area contributed by atoms with Crippen molar-refractivity contribution in [1.29, 1.82) is 0 Å². The number of benzene rings is 2. The molecule has 0 aliphatic heterocycles. The van der Waals surface area contributed by atoms with Crippen LogP contribution in [-0.2, 0) is 9.59 Å². The van der Waals surface area contributed by atoms with Crippen LogP contribution in [0.3, 0.4) is 0 Å². The van der Waals surface area contributed by atoms with E-state index in [2.05, 4.69) is 10.6 Å². The number of carbonyl (C=O) groups is 2. The quantitative estimate of drug-likeness (QED) is 0.746. The fourth-order valence-corrected chi connectivity index (χ4v) is 2.43. The Kier molecular flexibility index (Phi) is 6.44. The molecule has 0 bridgehead atoms. The monoisotopic (exact) mass is 378 g/mol. The molecule has 0 aliphatic rings. The lowest BCUT2D eigenvalue weighted by Gasteiger charge is -2.11. The minimum atomic E-state index is -0.380. The molecule has 0 radical (unpaired) electrons. The van der Waals surface area contributed by atoms with Gasteiger partial charge in [-0.1, -0.05) is 23.2 Å². The Labute approximate surface area is 155 Å². The maximum absolute atomic E-state index is 12.2. The molecule has 0 spiro atoms. The maximum Gasteiger partial charge on any atom is 0.248 e. The topological polar surface area (TPSA) is 67.4 Å². The minimum Gasteiger partial charge on any atom is -0.495 e. The van der Waals surface area contributed by atoms with Crippen LogP contribution in [-0.4, -0.2) is 18.9 Å². The summed E-state index contributed by atoms with van der Waals surface area (Å²) in [4.78, 5) is 23.3. The second-order valence-corrected chi connectivity index (χ2v) is 5.93. The average Bonchev–Trinajstić information content (AvgIpc) is 2.55. The van der Waals surface area contributed by atoms with E-state index in [9.17, 15) is 9.59 Å². The first-order valence-electron chi connectivity index (χ1n) is 7.29. The first-order valence-corrected chi connectivity index (χ1v) is 8.04. The van der Waals surface area contributed by atoms with Gasteiger partial charge in [-0.15, -0.1) is 0 Å². The van der Waals surface area contributed by atoms with Crippen molar-refractivity contribution < 1.29 is 14.3 Å². The van der Waals surface area contributed by atoms with Gasteiger partial charge < -0.3 is 15.4 Å². The smallest absolute Gasteiger partial charge is 0.248 e. The van der Waals surface area contributed by atoms with E-state index in [1.165, 1.54) is 20.1 Å². The van der Waals surface area contributed by atoms with Gasteiger partial charge in [-0.3, -0.25) is 9.59 Å². The molecule has 0 aromatic heterocycles. The third-order valence-corrected chi connectivity index (χ3v) is 3.73. The number of amides is 2. The molecule has 130 valence electrons. The van der Waals surface area contributed by atoms with E-state index in [4.69, 9.17) is 27.9 Å². The number of methoxy groups -OCH3 is 1. The van der Waals surface area contributed by atoms with Gasteiger partial charge in [0.25, 0.3) is 0 Å². The van der Waals surface area contributed by atoms with Crippen LogP contribution in [0.1, 0.15) is 12.5 Å². The fourth-order valence-electron chi connectivity index (χ4n) is 2.07. The van der Waals surface area contributed by atoms with Crippen molar-refractivity contribution in [2.24, 2.45) is 0 Å². The van der Waals surface area contributed by atoms with Gasteiger partial charge in [0.05, 0.1) is 12.8 Å². The van der Waals surface area contributed by atoms with Gasteiger partial charge in [-0.05, 0) is 48.0 Å². The van der Waals surface area contributed by atoms with E-state index in [1.807, 2.05) is 0 Å². The van der Waals surface area contributed by atoms with E-state index in [0.717, 1.165) is 0 Å². The van der Waals surface area contributed by atoms with Gasteiger partial charge in [0.2, 0.25) is 11.8 Å². The molecular weight excluding hydrogens is 363 g/mol. The largest absolute Gasteiger partial charge is 0.495 e. The third-order valence-electron chi connectivity index (χ3n) is 3.15. The highest BCUT2D eigenvalue weighted by molar-refractivity contribution is 6.34. The van der Waals surface area contributed by atoms with Crippen molar-refractivity contribution in [2.75, 3.05) is 17.7 Å². The predicted octanol–water partition coefficient (Wildman–Crippen LogP) is 4.61. The SMILES string of the molecule is COc1ccc(NC(C)=O)cc1NC(=O)/C=C/c1cc(Cl)ccc1Cl. The highest BCUT2D eigenvalue weighted by Gasteiger charge is 2.08. The second kappa shape index (κ2) is 8.55. The van der Waals surface area contributed by atoms with Gasteiger partial charge in [0.15, 0.2) is 0 Å². The van der Waals surface area contributed by atoms with Crippen LogP contribution in [0.4, 0.5) is 11.4 Å². The molecule has 2 aromatic carbocycles. The van der Waals surface area contributed by atoms with Gasteiger partial charge in [0, 0.05) is 28.7 Å². The van der Waals surface area contributed by atoms with Crippen LogP contribution in [0.15, 0.2) is 42.5 Å². The number of hydrogen-bond donors (Lipinski definition) is 2. The molecule has 2 rings (SSSR count). The van der Waals surface area contributed by atoms with Crippen LogP contribution < -0.4 is 15.4 Å². The Morgan fingerprint density at radius 1 is 1.08 bits per heavy atom. The Morgan fingerprint density at radius 2 is 1.84 bits per heavy atom.